The van der Waals surface area contributed by atoms with E-state index in [0.717, 1.165) is 38.5 Å². The number of H-pyrrole nitrogens is 1. The van der Waals surface area contributed by atoms with Crippen molar-refractivity contribution in [2.45, 2.75) is 38.5 Å². The summed E-state index contributed by atoms with van der Waals surface area (Å²) in [5, 5.41) is 7.71. The molecule has 0 atom stereocenters. The molecule has 0 radical (unpaired) electrons. The van der Waals surface area contributed by atoms with Gasteiger partial charge in [0.1, 0.15) is 0 Å². The zero-order valence-electron chi connectivity index (χ0n) is 15.8. The fraction of sp³-hybridized carbons (Fsp3) is 0.571. The zero-order valence-corrected chi connectivity index (χ0v) is 15.8. The summed E-state index contributed by atoms with van der Waals surface area (Å²) in [7, 11) is 0. The third-order valence-electron chi connectivity index (χ3n) is 6.02. The molecule has 4 rings (SSSR count). The molecule has 2 fully saturated rings. The molecule has 1 amide bonds. The van der Waals surface area contributed by atoms with Crippen molar-refractivity contribution in [2.24, 2.45) is 5.92 Å². The van der Waals surface area contributed by atoms with Crippen LogP contribution in [0.15, 0.2) is 29.1 Å². The van der Waals surface area contributed by atoms with Gasteiger partial charge in [-0.1, -0.05) is 37.5 Å². The van der Waals surface area contributed by atoms with Crippen LogP contribution < -0.4 is 5.56 Å². The van der Waals surface area contributed by atoms with Crippen molar-refractivity contribution >= 4 is 16.7 Å². The first-order valence-corrected chi connectivity index (χ1v) is 10.2. The summed E-state index contributed by atoms with van der Waals surface area (Å²) >= 11 is 0. The third kappa shape index (κ3) is 4.05. The molecule has 2 aromatic rings. The Kier molecular flexibility index (Phi) is 5.53. The second-order valence-electron chi connectivity index (χ2n) is 7.90. The minimum atomic E-state index is -0.253. The number of hydrogen-bond acceptors (Lipinski definition) is 4. The molecule has 6 heteroatoms. The van der Waals surface area contributed by atoms with E-state index in [-0.39, 0.29) is 11.5 Å². The molecule has 1 N–H and O–H groups in total. The van der Waals surface area contributed by atoms with Gasteiger partial charge in [0.2, 0.25) is 0 Å². The predicted octanol–water partition coefficient (Wildman–Crippen LogP) is 2.65. The summed E-state index contributed by atoms with van der Waals surface area (Å²) in [6.45, 7) is 4.61. The first kappa shape index (κ1) is 18.2. The van der Waals surface area contributed by atoms with E-state index < -0.39 is 0 Å². The summed E-state index contributed by atoms with van der Waals surface area (Å²) in [4.78, 5) is 29.5. The molecule has 1 saturated heterocycles. The van der Waals surface area contributed by atoms with Crippen molar-refractivity contribution < 1.29 is 4.79 Å². The summed E-state index contributed by atoms with van der Waals surface area (Å²) in [6, 6.07) is 7.19. The summed E-state index contributed by atoms with van der Waals surface area (Å²) < 4.78 is 0. The maximum absolute atomic E-state index is 13.1. The average molecular weight is 368 g/mol. The second-order valence-corrected chi connectivity index (χ2v) is 7.90. The lowest BCUT2D eigenvalue weighted by Crippen LogP contribution is -2.37. The van der Waals surface area contributed by atoms with Gasteiger partial charge in [-0.15, -0.1) is 0 Å². The molecule has 0 bridgehead atoms. The van der Waals surface area contributed by atoms with Gasteiger partial charge in [0.15, 0.2) is 5.69 Å². The standard InChI is InChI=1S/C21H28N4O2/c26-20-18-10-5-4-9-17(18)19(22-23-20)21(27)25-12-6-11-24(13-14-25)15-16-7-2-1-3-8-16/h4-5,9-10,16H,1-3,6-8,11-15H2,(H,23,26). The van der Waals surface area contributed by atoms with Gasteiger partial charge in [-0.05, 0) is 37.8 Å². The Balaban J connectivity index is 1.45. The molecule has 1 saturated carbocycles. The number of fused-ring (bicyclic) bond motifs is 1. The Morgan fingerprint density at radius 1 is 1.00 bits per heavy atom. The SMILES string of the molecule is O=C(c1n[nH]c(=O)c2ccccc12)N1CCCN(CC2CCCCC2)CC1. The van der Waals surface area contributed by atoms with Crippen molar-refractivity contribution in [1.29, 1.82) is 0 Å². The Morgan fingerprint density at radius 2 is 1.78 bits per heavy atom. The molecule has 2 aliphatic rings. The molecule has 144 valence electrons. The third-order valence-corrected chi connectivity index (χ3v) is 6.02. The molecule has 1 aromatic carbocycles. The highest BCUT2D eigenvalue weighted by atomic mass is 16.2. The molecule has 1 aliphatic carbocycles. The second kappa shape index (κ2) is 8.21. The number of aromatic nitrogens is 2. The highest BCUT2D eigenvalue weighted by Gasteiger charge is 2.25. The van der Waals surface area contributed by atoms with E-state index in [1.165, 1.54) is 38.6 Å². The van der Waals surface area contributed by atoms with Gasteiger partial charge in [-0.3, -0.25) is 9.59 Å². The Morgan fingerprint density at radius 3 is 2.59 bits per heavy atom. The Labute approximate surface area is 159 Å². The van der Waals surface area contributed by atoms with E-state index in [1.54, 1.807) is 18.2 Å². The normalized spacial score (nSPS) is 19.9. The van der Waals surface area contributed by atoms with E-state index in [2.05, 4.69) is 15.1 Å². The molecule has 0 spiro atoms. The van der Waals surface area contributed by atoms with Gasteiger partial charge in [0.25, 0.3) is 11.5 Å². The van der Waals surface area contributed by atoms with Gasteiger partial charge in [0, 0.05) is 31.6 Å². The fourth-order valence-corrected chi connectivity index (χ4v) is 4.52. The Hall–Kier alpha value is -2.21. The van der Waals surface area contributed by atoms with Gasteiger partial charge in [0.05, 0.1) is 5.39 Å². The van der Waals surface area contributed by atoms with Gasteiger partial charge < -0.3 is 9.80 Å². The number of benzene rings is 1. The Bertz CT molecular complexity index is 857. The van der Waals surface area contributed by atoms with Crippen LogP contribution in [0.25, 0.3) is 10.8 Å². The molecule has 1 aromatic heterocycles. The number of carbonyl (C=O) groups excluding carboxylic acids is 1. The number of carbonyl (C=O) groups is 1. The van der Waals surface area contributed by atoms with E-state index >= 15 is 0 Å². The maximum atomic E-state index is 13.1. The molecule has 2 heterocycles. The highest BCUT2D eigenvalue weighted by Crippen LogP contribution is 2.25. The largest absolute Gasteiger partial charge is 0.336 e. The monoisotopic (exact) mass is 368 g/mol. The molecule has 0 unspecified atom stereocenters. The number of nitrogens with one attached hydrogen (secondary N) is 1. The number of nitrogens with zero attached hydrogens (tertiary/aromatic N) is 3. The van der Waals surface area contributed by atoms with E-state index in [9.17, 15) is 9.59 Å². The van der Waals surface area contributed by atoms with Crippen LogP contribution in [0.1, 0.15) is 49.0 Å². The van der Waals surface area contributed by atoms with Gasteiger partial charge in [-0.25, -0.2) is 5.10 Å². The molecule has 27 heavy (non-hydrogen) atoms. The van der Waals surface area contributed by atoms with E-state index in [4.69, 9.17) is 0 Å². The first-order valence-electron chi connectivity index (χ1n) is 10.2. The average Bonchev–Trinajstić information content (AvgIpc) is 2.94. The minimum absolute atomic E-state index is 0.0815. The number of hydrogen-bond donors (Lipinski definition) is 1. The van der Waals surface area contributed by atoms with Crippen molar-refractivity contribution in [1.82, 2.24) is 20.0 Å². The van der Waals surface area contributed by atoms with Crippen LogP contribution in [-0.2, 0) is 0 Å². The van der Waals surface area contributed by atoms with Gasteiger partial charge in [-0.2, -0.15) is 5.10 Å². The number of aromatic amines is 1. The van der Waals surface area contributed by atoms with Gasteiger partial charge >= 0.3 is 0 Å². The van der Waals surface area contributed by atoms with Crippen molar-refractivity contribution in [3.63, 3.8) is 0 Å². The smallest absolute Gasteiger partial charge is 0.274 e. The van der Waals surface area contributed by atoms with Crippen LogP contribution >= 0.6 is 0 Å². The molecular formula is C21H28N4O2. The molecule has 6 nitrogen and oxygen atoms in total. The fourth-order valence-electron chi connectivity index (χ4n) is 4.52. The van der Waals surface area contributed by atoms with Crippen LogP contribution in [-0.4, -0.2) is 58.6 Å². The van der Waals surface area contributed by atoms with Crippen LogP contribution in [0.3, 0.4) is 0 Å². The van der Waals surface area contributed by atoms with Crippen molar-refractivity contribution in [3.8, 4) is 0 Å². The first-order chi connectivity index (χ1) is 13.2. The van der Waals surface area contributed by atoms with Crippen LogP contribution in [0.4, 0.5) is 0 Å². The van der Waals surface area contributed by atoms with E-state index in [0.29, 0.717) is 16.5 Å². The van der Waals surface area contributed by atoms with Crippen LogP contribution in [0.5, 0.6) is 0 Å². The lowest BCUT2D eigenvalue weighted by atomic mass is 9.89. The predicted molar refractivity (Wildman–Crippen MR) is 106 cm³/mol. The van der Waals surface area contributed by atoms with Crippen molar-refractivity contribution in [3.05, 3.63) is 40.3 Å². The van der Waals surface area contributed by atoms with E-state index in [1.807, 2.05) is 11.0 Å². The highest BCUT2D eigenvalue weighted by molar-refractivity contribution is 6.04. The topological polar surface area (TPSA) is 69.3 Å². The summed E-state index contributed by atoms with van der Waals surface area (Å²) in [6.07, 6.45) is 7.82. The van der Waals surface area contributed by atoms with Crippen LogP contribution in [0.2, 0.25) is 0 Å². The minimum Gasteiger partial charge on any atom is -0.336 e. The zero-order chi connectivity index (χ0) is 18.6. The lowest BCUT2D eigenvalue weighted by molar-refractivity contribution is 0.0755. The summed E-state index contributed by atoms with van der Waals surface area (Å²) in [5.74, 6) is 0.743. The quantitative estimate of drug-likeness (QED) is 0.904. The van der Waals surface area contributed by atoms with Crippen molar-refractivity contribution in [2.75, 3.05) is 32.7 Å². The van der Waals surface area contributed by atoms with Crippen LogP contribution in [0, 0.1) is 5.92 Å². The summed E-state index contributed by atoms with van der Waals surface area (Å²) in [5.41, 5.74) is 0.0996. The molecular weight excluding hydrogens is 340 g/mol. The maximum Gasteiger partial charge on any atom is 0.274 e. The lowest BCUT2D eigenvalue weighted by Gasteiger charge is -2.28. The molecule has 1 aliphatic heterocycles. The number of rotatable bonds is 3. The number of amides is 1.